The van der Waals surface area contributed by atoms with Crippen molar-refractivity contribution in [3.05, 3.63) is 12.2 Å². The van der Waals surface area contributed by atoms with Gasteiger partial charge in [-0.1, -0.05) is 32.8 Å². The normalized spacial score (nSPS) is 46.7. The van der Waals surface area contributed by atoms with E-state index in [2.05, 4.69) is 32.0 Å². The van der Waals surface area contributed by atoms with Gasteiger partial charge >= 0.3 is 0 Å². The van der Waals surface area contributed by atoms with Crippen LogP contribution in [-0.4, -0.2) is 46.1 Å². The van der Waals surface area contributed by atoms with Gasteiger partial charge in [-0.05, 0) is 110 Å². The van der Waals surface area contributed by atoms with Gasteiger partial charge in [0, 0.05) is 0 Å². The van der Waals surface area contributed by atoms with Crippen molar-refractivity contribution in [1.82, 2.24) is 5.32 Å². The van der Waals surface area contributed by atoms with Crippen LogP contribution in [0.5, 0.6) is 0 Å². The van der Waals surface area contributed by atoms with Gasteiger partial charge < -0.3 is 20.6 Å². The summed E-state index contributed by atoms with van der Waals surface area (Å²) in [6.45, 7) is 7.21. The summed E-state index contributed by atoms with van der Waals surface area (Å²) in [4.78, 5) is 11.7. The van der Waals surface area contributed by atoms with Crippen LogP contribution < -0.4 is 5.32 Å². The molecule has 0 saturated heterocycles. The molecule has 0 aromatic rings. The van der Waals surface area contributed by atoms with Crippen LogP contribution in [0.3, 0.4) is 0 Å². The van der Waals surface area contributed by atoms with E-state index in [4.69, 9.17) is 6.42 Å². The number of carbonyl (C=O) groups excluding carboxylic acids is 1. The first-order valence-electron chi connectivity index (χ1n) is 13.5. The number of nitrogens with one attached hydrogen (secondary N) is 1. The third-order valence-electron chi connectivity index (χ3n) is 10.9. The Morgan fingerprint density at radius 2 is 1.91 bits per heavy atom. The summed E-state index contributed by atoms with van der Waals surface area (Å²) in [5, 5.41) is 36.0. The van der Waals surface area contributed by atoms with Crippen LogP contribution in [0.4, 0.5) is 0 Å². The standard InChI is InChI=1S/C29H45NO4/c1-5-14-30-26(34)9-7-6-8-18(2)21-10-11-22-27-23(17-25(33)29(21,22)4)28(3)13-12-20(31)15-19(28)16-24(27)32/h1,7,9,18-25,27,31-33H,6,8,10-17H2,2-4H3,(H,30,34)/t18-,19+,20-,21-,22+,23+,24-,25+,27?,28+,29-/m1/s1. The number of amides is 1. The highest BCUT2D eigenvalue weighted by atomic mass is 16.3. The zero-order chi connectivity index (χ0) is 24.7. The molecule has 4 aliphatic rings. The second-order valence-electron chi connectivity index (χ2n) is 12.4. The van der Waals surface area contributed by atoms with Gasteiger partial charge in [-0.25, -0.2) is 0 Å². The summed E-state index contributed by atoms with van der Waals surface area (Å²) in [5.41, 5.74) is -0.0627. The van der Waals surface area contributed by atoms with Crippen molar-refractivity contribution in [3.63, 3.8) is 0 Å². The number of hydrogen-bond acceptors (Lipinski definition) is 4. The fraction of sp³-hybridized carbons (Fsp3) is 0.828. The van der Waals surface area contributed by atoms with Crippen molar-refractivity contribution >= 4 is 5.91 Å². The molecule has 34 heavy (non-hydrogen) atoms. The fourth-order valence-electron chi connectivity index (χ4n) is 9.08. The molecule has 4 rings (SSSR count). The van der Waals surface area contributed by atoms with E-state index in [0.717, 1.165) is 57.8 Å². The van der Waals surface area contributed by atoms with E-state index in [1.807, 2.05) is 6.08 Å². The lowest BCUT2D eigenvalue weighted by atomic mass is 9.43. The molecular weight excluding hydrogens is 426 g/mol. The number of rotatable bonds is 6. The van der Waals surface area contributed by atoms with Crippen molar-refractivity contribution in [2.45, 2.75) is 96.9 Å². The lowest BCUT2D eigenvalue weighted by Crippen LogP contribution is -2.62. The van der Waals surface area contributed by atoms with Crippen molar-refractivity contribution in [2.24, 2.45) is 46.3 Å². The van der Waals surface area contributed by atoms with Crippen LogP contribution in [0.1, 0.15) is 78.6 Å². The van der Waals surface area contributed by atoms with E-state index in [-0.39, 0.29) is 47.5 Å². The van der Waals surface area contributed by atoms with Crippen LogP contribution in [0.2, 0.25) is 0 Å². The number of allylic oxidation sites excluding steroid dienone is 1. The highest BCUT2D eigenvalue weighted by Gasteiger charge is 2.65. The molecule has 11 atom stereocenters. The Morgan fingerprint density at radius 1 is 1.15 bits per heavy atom. The van der Waals surface area contributed by atoms with Crippen molar-refractivity contribution in [3.8, 4) is 12.3 Å². The minimum Gasteiger partial charge on any atom is -0.393 e. The Labute approximate surface area is 205 Å². The smallest absolute Gasteiger partial charge is 0.244 e. The van der Waals surface area contributed by atoms with Crippen LogP contribution >= 0.6 is 0 Å². The summed E-state index contributed by atoms with van der Waals surface area (Å²) in [6, 6.07) is 0. The summed E-state index contributed by atoms with van der Waals surface area (Å²) in [6.07, 6.45) is 15.9. The van der Waals surface area contributed by atoms with E-state index in [9.17, 15) is 20.1 Å². The molecule has 0 spiro atoms. The molecule has 4 N–H and O–H groups in total. The molecule has 5 nitrogen and oxygen atoms in total. The van der Waals surface area contributed by atoms with Gasteiger partial charge in [0.05, 0.1) is 24.9 Å². The van der Waals surface area contributed by atoms with Crippen LogP contribution in [0, 0.1) is 58.7 Å². The van der Waals surface area contributed by atoms with Crippen molar-refractivity contribution in [1.29, 1.82) is 0 Å². The number of aliphatic hydroxyl groups excluding tert-OH is 3. The average Bonchev–Trinajstić information content (AvgIpc) is 3.15. The van der Waals surface area contributed by atoms with Crippen molar-refractivity contribution in [2.75, 3.05) is 6.54 Å². The highest BCUT2D eigenvalue weighted by molar-refractivity contribution is 5.87. The molecule has 4 fully saturated rings. The van der Waals surface area contributed by atoms with Gasteiger partial charge in [-0.15, -0.1) is 6.42 Å². The minimum atomic E-state index is -0.353. The van der Waals surface area contributed by atoms with Gasteiger partial charge in [0.2, 0.25) is 5.91 Å². The molecule has 4 saturated carbocycles. The summed E-state index contributed by atoms with van der Waals surface area (Å²) < 4.78 is 0. The second kappa shape index (κ2) is 9.96. The van der Waals surface area contributed by atoms with Gasteiger partial charge in [0.25, 0.3) is 0 Å². The lowest BCUT2D eigenvalue weighted by molar-refractivity contribution is -0.207. The highest BCUT2D eigenvalue weighted by Crippen LogP contribution is 2.68. The first-order valence-corrected chi connectivity index (χ1v) is 13.5. The molecule has 1 unspecified atom stereocenters. The van der Waals surface area contributed by atoms with E-state index in [1.165, 1.54) is 0 Å². The largest absolute Gasteiger partial charge is 0.393 e. The predicted octanol–water partition coefficient (Wildman–Crippen LogP) is 3.67. The number of terminal acetylenes is 1. The van der Waals surface area contributed by atoms with Crippen molar-refractivity contribution < 1.29 is 20.1 Å². The van der Waals surface area contributed by atoms with Crippen LogP contribution in [0.25, 0.3) is 0 Å². The lowest BCUT2D eigenvalue weighted by Gasteiger charge is -2.63. The molecule has 0 radical (unpaired) electrons. The van der Waals surface area contributed by atoms with E-state index < -0.39 is 0 Å². The number of aliphatic hydroxyl groups is 3. The van der Waals surface area contributed by atoms with Gasteiger partial charge in [0.15, 0.2) is 0 Å². The summed E-state index contributed by atoms with van der Waals surface area (Å²) >= 11 is 0. The Morgan fingerprint density at radius 3 is 2.65 bits per heavy atom. The topological polar surface area (TPSA) is 89.8 Å². The molecule has 0 bridgehead atoms. The predicted molar refractivity (Wildman–Crippen MR) is 133 cm³/mol. The van der Waals surface area contributed by atoms with Gasteiger partial charge in [0.1, 0.15) is 0 Å². The maximum Gasteiger partial charge on any atom is 0.244 e. The molecule has 190 valence electrons. The fourth-order valence-corrected chi connectivity index (χ4v) is 9.08. The monoisotopic (exact) mass is 471 g/mol. The Hall–Kier alpha value is -1.35. The molecule has 0 heterocycles. The molecular formula is C29H45NO4. The van der Waals surface area contributed by atoms with E-state index >= 15 is 0 Å². The third-order valence-corrected chi connectivity index (χ3v) is 10.9. The zero-order valence-corrected chi connectivity index (χ0v) is 21.2. The van der Waals surface area contributed by atoms with Crippen LogP contribution in [0.15, 0.2) is 12.2 Å². The number of carbonyl (C=O) groups is 1. The molecule has 5 heteroatoms. The molecule has 4 aliphatic carbocycles. The van der Waals surface area contributed by atoms with E-state index in [1.54, 1.807) is 6.08 Å². The first-order chi connectivity index (χ1) is 16.1. The molecule has 0 aliphatic heterocycles. The Bertz CT molecular complexity index is 819. The van der Waals surface area contributed by atoms with E-state index in [0.29, 0.717) is 29.6 Å². The summed E-state index contributed by atoms with van der Waals surface area (Å²) in [7, 11) is 0. The average molecular weight is 472 g/mol. The second-order valence-corrected chi connectivity index (χ2v) is 12.4. The maximum atomic E-state index is 11.7. The molecule has 0 aromatic carbocycles. The third kappa shape index (κ3) is 4.36. The number of hydrogen-bond donors (Lipinski definition) is 4. The zero-order valence-electron chi connectivity index (χ0n) is 21.2. The maximum absolute atomic E-state index is 11.7. The first kappa shape index (κ1) is 25.7. The Kier molecular flexibility index (Phi) is 7.54. The quantitative estimate of drug-likeness (QED) is 0.351. The van der Waals surface area contributed by atoms with Gasteiger partial charge in [-0.2, -0.15) is 0 Å². The summed E-state index contributed by atoms with van der Waals surface area (Å²) in [5.74, 6) is 4.39. The molecule has 0 aromatic heterocycles. The SMILES string of the molecule is C#CCNC(=O)C=CCC[C@@H](C)[C@H]1CC[C@H]2C3[C@H](O)C[C@@H]4C[C@H](O)CC[C@]4(C)[C@H]3C[C@H](O)[C@]12C. The van der Waals surface area contributed by atoms with Gasteiger partial charge in [-0.3, -0.25) is 4.79 Å². The minimum absolute atomic E-state index is 0.111. The Balaban J connectivity index is 1.45. The van der Waals surface area contributed by atoms with Crippen LogP contribution in [-0.2, 0) is 4.79 Å². The number of fused-ring (bicyclic) bond motifs is 5. The molecule has 1 amide bonds.